The number of methoxy groups -OCH3 is 2. The van der Waals surface area contributed by atoms with Crippen molar-refractivity contribution in [2.45, 2.75) is 38.3 Å². The summed E-state index contributed by atoms with van der Waals surface area (Å²) in [7, 11) is 5.03. The van der Waals surface area contributed by atoms with Crippen LogP contribution in [0.5, 0.6) is 17.2 Å². The lowest BCUT2D eigenvalue weighted by Gasteiger charge is -2.30. The number of aromatic nitrogens is 2. The van der Waals surface area contributed by atoms with Gasteiger partial charge in [0, 0.05) is 13.6 Å². The number of benzene rings is 1. The average molecular weight is 380 g/mol. The Balaban J connectivity index is 1.93. The van der Waals surface area contributed by atoms with Gasteiger partial charge in [-0.3, -0.25) is 9.58 Å². The van der Waals surface area contributed by atoms with Crippen LogP contribution in [0.3, 0.4) is 0 Å². The van der Waals surface area contributed by atoms with Gasteiger partial charge in [0.2, 0.25) is 5.75 Å². The topological polar surface area (TPSA) is 59.8 Å². The van der Waals surface area contributed by atoms with Crippen LogP contribution >= 0.6 is 11.6 Å². The quantitative estimate of drug-likeness (QED) is 0.853. The first kappa shape index (κ1) is 18.9. The minimum Gasteiger partial charge on any atom is -0.502 e. The summed E-state index contributed by atoms with van der Waals surface area (Å²) in [5.74, 6) is 0.870. The molecule has 0 amide bonds. The average Bonchev–Trinajstić information content (AvgIpc) is 2.83. The first-order chi connectivity index (χ1) is 12.5. The highest BCUT2D eigenvalue weighted by atomic mass is 35.5. The van der Waals surface area contributed by atoms with Gasteiger partial charge in [0.15, 0.2) is 11.5 Å². The Kier molecular flexibility index (Phi) is 5.94. The smallest absolute Gasteiger partial charge is 0.200 e. The third kappa shape index (κ3) is 3.76. The van der Waals surface area contributed by atoms with Gasteiger partial charge in [-0.2, -0.15) is 5.10 Å². The zero-order valence-corrected chi connectivity index (χ0v) is 16.3. The minimum absolute atomic E-state index is 0.0286. The van der Waals surface area contributed by atoms with E-state index in [0.29, 0.717) is 16.5 Å². The van der Waals surface area contributed by atoms with Crippen LogP contribution in [0, 0.1) is 0 Å². The molecule has 1 N–H and O–H groups in total. The maximum Gasteiger partial charge on any atom is 0.200 e. The molecule has 6 nitrogen and oxygen atoms in total. The Bertz CT molecular complexity index is 718. The second-order valence-electron chi connectivity index (χ2n) is 6.69. The number of aryl methyl sites for hydroxylation is 1. The molecule has 0 spiro atoms. The number of hydrogen-bond acceptors (Lipinski definition) is 5. The van der Waals surface area contributed by atoms with Crippen LogP contribution in [-0.4, -0.2) is 40.6 Å². The SMILES string of the molecule is COc1cc(CN2CCCCC[C@H]2c2c(Cl)cnn2C)cc(OC)c1O. The number of halogens is 1. The van der Waals surface area contributed by atoms with Gasteiger partial charge in [-0.1, -0.05) is 24.4 Å². The molecule has 1 aromatic carbocycles. The van der Waals surface area contributed by atoms with Gasteiger partial charge in [-0.25, -0.2) is 0 Å². The lowest BCUT2D eigenvalue weighted by atomic mass is 10.1. The standard InChI is InChI=1S/C19H26ClN3O3/c1-22-18(14(20)11-21-22)15-7-5-4-6-8-23(15)12-13-9-16(25-2)19(24)17(10-13)26-3/h9-11,15,24H,4-8,12H2,1-3H3/t15-/m0/s1. The fourth-order valence-corrected chi connectivity index (χ4v) is 4.03. The molecule has 142 valence electrons. The van der Waals surface area contributed by atoms with Gasteiger partial charge >= 0.3 is 0 Å². The molecule has 2 heterocycles. The molecule has 26 heavy (non-hydrogen) atoms. The first-order valence-corrected chi connectivity index (χ1v) is 9.28. The van der Waals surface area contributed by atoms with E-state index < -0.39 is 0 Å². The molecule has 0 saturated carbocycles. The van der Waals surface area contributed by atoms with E-state index in [2.05, 4.69) is 10.00 Å². The molecule has 1 aliphatic heterocycles. The summed E-state index contributed by atoms with van der Waals surface area (Å²) < 4.78 is 12.5. The van der Waals surface area contributed by atoms with Gasteiger partial charge in [0.05, 0.1) is 37.2 Å². The van der Waals surface area contributed by atoms with Crippen molar-refractivity contribution in [3.63, 3.8) is 0 Å². The van der Waals surface area contributed by atoms with Crippen molar-refractivity contribution in [1.82, 2.24) is 14.7 Å². The van der Waals surface area contributed by atoms with Crippen LogP contribution < -0.4 is 9.47 Å². The maximum absolute atomic E-state index is 10.1. The van der Waals surface area contributed by atoms with Gasteiger partial charge in [-0.15, -0.1) is 0 Å². The van der Waals surface area contributed by atoms with Crippen LogP contribution in [0.15, 0.2) is 18.3 Å². The molecule has 7 heteroatoms. The molecule has 1 saturated heterocycles. The van der Waals surface area contributed by atoms with E-state index in [1.807, 2.05) is 23.9 Å². The van der Waals surface area contributed by atoms with E-state index in [4.69, 9.17) is 21.1 Å². The Morgan fingerprint density at radius 2 is 1.88 bits per heavy atom. The lowest BCUT2D eigenvalue weighted by Crippen LogP contribution is -2.29. The molecule has 0 aliphatic carbocycles. The summed E-state index contributed by atoms with van der Waals surface area (Å²) in [6.45, 7) is 1.71. The van der Waals surface area contributed by atoms with Crippen LogP contribution in [0.25, 0.3) is 0 Å². The predicted octanol–water partition coefficient (Wildman–Crippen LogP) is 3.91. The fourth-order valence-electron chi connectivity index (χ4n) is 3.74. The van der Waals surface area contributed by atoms with Gasteiger partial charge in [-0.05, 0) is 37.1 Å². The number of likely N-dealkylation sites (tertiary alicyclic amines) is 1. The van der Waals surface area contributed by atoms with Crippen LogP contribution in [0.4, 0.5) is 0 Å². The largest absolute Gasteiger partial charge is 0.502 e. The third-order valence-corrected chi connectivity index (χ3v) is 5.33. The summed E-state index contributed by atoms with van der Waals surface area (Å²) in [5.41, 5.74) is 2.09. The van der Waals surface area contributed by atoms with E-state index in [1.165, 1.54) is 12.8 Å². The monoisotopic (exact) mass is 379 g/mol. The summed E-state index contributed by atoms with van der Waals surface area (Å²) in [5, 5.41) is 15.2. The summed E-state index contributed by atoms with van der Waals surface area (Å²) in [6, 6.07) is 3.94. The van der Waals surface area contributed by atoms with Crippen molar-refractivity contribution in [3.8, 4) is 17.2 Å². The molecule has 0 unspecified atom stereocenters. The van der Waals surface area contributed by atoms with Crippen molar-refractivity contribution in [2.24, 2.45) is 7.05 Å². The molecule has 1 aromatic heterocycles. The molecular formula is C19H26ClN3O3. The number of phenolic OH excluding ortho intramolecular Hbond substituents is 1. The summed E-state index contributed by atoms with van der Waals surface area (Å²) in [4.78, 5) is 2.43. The molecule has 1 atom stereocenters. The first-order valence-electron chi connectivity index (χ1n) is 8.90. The van der Waals surface area contributed by atoms with E-state index in [-0.39, 0.29) is 11.8 Å². The van der Waals surface area contributed by atoms with Crippen LogP contribution in [-0.2, 0) is 13.6 Å². The van der Waals surface area contributed by atoms with E-state index >= 15 is 0 Å². The van der Waals surface area contributed by atoms with Crippen LogP contribution in [0.2, 0.25) is 5.02 Å². The normalized spacial score (nSPS) is 18.5. The second kappa shape index (κ2) is 8.18. The molecule has 1 fully saturated rings. The van der Waals surface area contributed by atoms with E-state index in [1.54, 1.807) is 20.4 Å². The predicted molar refractivity (Wildman–Crippen MR) is 101 cm³/mol. The third-order valence-electron chi connectivity index (χ3n) is 5.04. The second-order valence-corrected chi connectivity index (χ2v) is 7.09. The number of aromatic hydroxyl groups is 1. The number of phenols is 1. The molecule has 0 bridgehead atoms. The van der Waals surface area contributed by atoms with Gasteiger partial charge in [0.1, 0.15) is 0 Å². The van der Waals surface area contributed by atoms with Gasteiger partial charge in [0.25, 0.3) is 0 Å². The molecule has 3 rings (SSSR count). The summed E-state index contributed by atoms with van der Waals surface area (Å²) >= 11 is 6.43. The Labute approximate surface area is 159 Å². The number of nitrogens with zero attached hydrogens (tertiary/aromatic N) is 3. The summed E-state index contributed by atoms with van der Waals surface area (Å²) in [6.07, 6.45) is 6.30. The highest BCUT2D eigenvalue weighted by Gasteiger charge is 2.27. The van der Waals surface area contributed by atoms with Crippen molar-refractivity contribution >= 4 is 11.6 Å². The van der Waals surface area contributed by atoms with Crippen molar-refractivity contribution in [2.75, 3.05) is 20.8 Å². The van der Waals surface area contributed by atoms with Crippen LogP contribution in [0.1, 0.15) is 43.0 Å². The Morgan fingerprint density at radius 3 is 2.46 bits per heavy atom. The maximum atomic E-state index is 10.1. The Morgan fingerprint density at radius 1 is 1.19 bits per heavy atom. The minimum atomic E-state index is 0.0286. The van der Waals surface area contributed by atoms with Crippen molar-refractivity contribution in [1.29, 1.82) is 0 Å². The Hall–Kier alpha value is -1.92. The number of rotatable bonds is 5. The molecule has 0 radical (unpaired) electrons. The number of hydrogen-bond donors (Lipinski definition) is 1. The zero-order chi connectivity index (χ0) is 18.7. The highest BCUT2D eigenvalue weighted by molar-refractivity contribution is 6.31. The van der Waals surface area contributed by atoms with Crippen molar-refractivity contribution in [3.05, 3.63) is 34.6 Å². The van der Waals surface area contributed by atoms with Gasteiger partial charge < -0.3 is 14.6 Å². The fraction of sp³-hybridized carbons (Fsp3) is 0.526. The lowest BCUT2D eigenvalue weighted by molar-refractivity contribution is 0.184. The highest BCUT2D eigenvalue weighted by Crippen LogP contribution is 2.39. The van der Waals surface area contributed by atoms with E-state index in [9.17, 15) is 5.11 Å². The molecule has 2 aromatic rings. The molecule has 1 aliphatic rings. The van der Waals surface area contributed by atoms with E-state index in [0.717, 1.165) is 37.2 Å². The zero-order valence-electron chi connectivity index (χ0n) is 15.5. The van der Waals surface area contributed by atoms with Crippen molar-refractivity contribution < 1.29 is 14.6 Å². The number of ether oxygens (including phenoxy) is 2. The molecular weight excluding hydrogens is 354 g/mol.